The minimum Gasteiger partial charge on any atom is -0.384 e. The molecular weight excluding hydrogens is 200 g/mol. The summed E-state index contributed by atoms with van der Waals surface area (Å²) in [6, 6.07) is 1.67. The summed E-state index contributed by atoms with van der Waals surface area (Å²) in [5.41, 5.74) is 6.37. The molecule has 0 amide bonds. The summed E-state index contributed by atoms with van der Waals surface area (Å²) in [7, 11) is 0. The van der Waals surface area contributed by atoms with Crippen molar-refractivity contribution in [3.05, 3.63) is 23.5 Å². The van der Waals surface area contributed by atoms with Gasteiger partial charge in [0, 0.05) is 11.4 Å². The van der Waals surface area contributed by atoms with Crippen LogP contribution in [0.2, 0.25) is 0 Å². The number of nitrogen functional groups attached to an aromatic ring is 1. The van der Waals surface area contributed by atoms with Crippen molar-refractivity contribution < 1.29 is 0 Å². The fourth-order valence-electron chi connectivity index (χ4n) is 0.911. The molecule has 0 saturated carbocycles. The molecule has 3 N–H and O–H groups in total. The normalized spacial score (nSPS) is 10.0. The van der Waals surface area contributed by atoms with Gasteiger partial charge >= 0.3 is 0 Å². The van der Waals surface area contributed by atoms with E-state index in [2.05, 4.69) is 24.9 Å². The van der Waals surface area contributed by atoms with Gasteiger partial charge in [0.15, 0.2) is 0 Å². The summed E-state index contributed by atoms with van der Waals surface area (Å²) in [6.45, 7) is 0.590. The summed E-state index contributed by atoms with van der Waals surface area (Å²) >= 11 is 1.32. The van der Waals surface area contributed by atoms with Gasteiger partial charge in [0.25, 0.3) is 0 Å². The number of nitrogens with two attached hydrogens (primary N) is 1. The lowest BCUT2D eigenvalue weighted by molar-refractivity contribution is 0.985. The monoisotopic (exact) mass is 208 g/mol. The lowest BCUT2D eigenvalue weighted by atomic mass is 10.4. The van der Waals surface area contributed by atoms with Crippen LogP contribution in [0.1, 0.15) is 5.69 Å². The summed E-state index contributed by atoms with van der Waals surface area (Å²) < 4.78 is 3.75. The molecule has 6 nitrogen and oxygen atoms in total. The van der Waals surface area contributed by atoms with Crippen molar-refractivity contribution >= 4 is 23.2 Å². The van der Waals surface area contributed by atoms with Gasteiger partial charge < -0.3 is 11.1 Å². The summed E-state index contributed by atoms with van der Waals surface area (Å²) in [4.78, 5) is 7.78. The molecule has 0 radical (unpaired) electrons. The zero-order chi connectivity index (χ0) is 9.80. The number of aromatic nitrogens is 4. The molecule has 0 bridgehead atoms. The van der Waals surface area contributed by atoms with Crippen molar-refractivity contribution in [1.29, 1.82) is 0 Å². The number of hydrogen-bond donors (Lipinski definition) is 2. The average molecular weight is 208 g/mol. The zero-order valence-corrected chi connectivity index (χ0v) is 8.03. The van der Waals surface area contributed by atoms with Crippen LogP contribution in [0, 0.1) is 0 Å². The second-order valence-electron chi connectivity index (χ2n) is 2.58. The van der Waals surface area contributed by atoms with Gasteiger partial charge in [0.05, 0.1) is 12.2 Å². The molecule has 0 atom stereocenters. The van der Waals surface area contributed by atoms with E-state index in [0.29, 0.717) is 18.2 Å². The third kappa shape index (κ3) is 2.13. The van der Waals surface area contributed by atoms with E-state index in [-0.39, 0.29) is 0 Å². The maximum Gasteiger partial charge on any atom is 0.131 e. The highest BCUT2D eigenvalue weighted by atomic mass is 32.1. The van der Waals surface area contributed by atoms with Gasteiger partial charge in [-0.05, 0) is 11.5 Å². The Morgan fingerprint density at radius 3 is 3.07 bits per heavy atom. The molecule has 2 aromatic rings. The van der Waals surface area contributed by atoms with Crippen molar-refractivity contribution in [3.8, 4) is 0 Å². The van der Waals surface area contributed by atoms with Gasteiger partial charge in [-0.25, -0.2) is 9.97 Å². The highest BCUT2D eigenvalue weighted by Gasteiger charge is 1.97. The molecule has 0 aliphatic rings. The Balaban J connectivity index is 1.98. The van der Waals surface area contributed by atoms with Crippen LogP contribution in [0.4, 0.5) is 11.6 Å². The van der Waals surface area contributed by atoms with Crippen LogP contribution in [0.5, 0.6) is 0 Å². The smallest absolute Gasteiger partial charge is 0.131 e. The van der Waals surface area contributed by atoms with E-state index in [9.17, 15) is 0 Å². The van der Waals surface area contributed by atoms with Crippen LogP contribution in [0.3, 0.4) is 0 Å². The van der Waals surface area contributed by atoms with Crippen molar-refractivity contribution in [3.63, 3.8) is 0 Å². The number of rotatable bonds is 3. The molecule has 2 aromatic heterocycles. The molecule has 72 valence electrons. The highest BCUT2D eigenvalue weighted by Crippen LogP contribution is 2.06. The largest absolute Gasteiger partial charge is 0.384 e. The minimum atomic E-state index is 0.443. The average Bonchev–Trinajstić information content (AvgIpc) is 2.67. The maximum atomic E-state index is 5.49. The molecular formula is C7H8N6S. The van der Waals surface area contributed by atoms with Gasteiger partial charge in [-0.15, -0.1) is 5.10 Å². The van der Waals surface area contributed by atoms with E-state index in [1.54, 1.807) is 6.07 Å². The number of anilines is 2. The van der Waals surface area contributed by atoms with Gasteiger partial charge in [-0.1, -0.05) is 4.49 Å². The Morgan fingerprint density at radius 1 is 1.43 bits per heavy atom. The first kappa shape index (κ1) is 8.82. The van der Waals surface area contributed by atoms with Gasteiger partial charge in [-0.2, -0.15) is 0 Å². The lowest BCUT2D eigenvalue weighted by Gasteiger charge is -2.02. The molecule has 7 heteroatoms. The van der Waals surface area contributed by atoms with E-state index in [1.807, 2.05) is 5.38 Å². The van der Waals surface area contributed by atoms with Gasteiger partial charge in [0.2, 0.25) is 0 Å². The fraction of sp³-hybridized carbons (Fsp3) is 0.143. The van der Waals surface area contributed by atoms with Crippen LogP contribution in [-0.2, 0) is 6.54 Å². The molecule has 0 aromatic carbocycles. The molecule has 0 spiro atoms. The molecule has 0 aliphatic heterocycles. The van der Waals surface area contributed by atoms with E-state index < -0.39 is 0 Å². The van der Waals surface area contributed by atoms with Crippen LogP contribution in [0.25, 0.3) is 0 Å². The van der Waals surface area contributed by atoms with Crippen LogP contribution in [0.15, 0.2) is 17.8 Å². The first-order valence-corrected chi connectivity index (χ1v) is 4.75. The predicted molar refractivity (Wildman–Crippen MR) is 53.7 cm³/mol. The molecule has 14 heavy (non-hydrogen) atoms. The Hall–Kier alpha value is -1.76. The Labute approximate surface area is 84.4 Å². The zero-order valence-electron chi connectivity index (χ0n) is 7.21. The highest BCUT2D eigenvalue weighted by molar-refractivity contribution is 7.03. The SMILES string of the molecule is Nc1cc(NCc2csnn2)ncn1. The van der Waals surface area contributed by atoms with Crippen LogP contribution >= 0.6 is 11.5 Å². The van der Waals surface area contributed by atoms with Gasteiger partial charge in [-0.3, -0.25) is 0 Å². The Kier molecular flexibility index (Phi) is 2.50. The molecule has 0 fully saturated rings. The van der Waals surface area contributed by atoms with Gasteiger partial charge in [0.1, 0.15) is 18.0 Å². The molecule has 2 heterocycles. The third-order valence-corrected chi connectivity index (χ3v) is 2.10. The Morgan fingerprint density at radius 2 is 2.36 bits per heavy atom. The summed E-state index contributed by atoms with van der Waals surface area (Å²) in [5.74, 6) is 1.13. The topological polar surface area (TPSA) is 89.6 Å². The quantitative estimate of drug-likeness (QED) is 0.764. The second-order valence-corrected chi connectivity index (χ2v) is 3.19. The molecule has 2 rings (SSSR count). The van der Waals surface area contributed by atoms with E-state index in [1.165, 1.54) is 17.9 Å². The molecule has 0 unspecified atom stereocenters. The van der Waals surface area contributed by atoms with Crippen molar-refractivity contribution in [2.75, 3.05) is 11.1 Å². The minimum absolute atomic E-state index is 0.443. The van der Waals surface area contributed by atoms with E-state index >= 15 is 0 Å². The summed E-state index contributed by atoms with van der Waals surface area (Å²) in [5, 5.41) is 8.82. The number of hydrogen-bond acceptors (Lipinski definition) is 7. The first-order chi connectivity index (χ1) is 6.84. The fourth-order valence-corrected chi connectivity index (χ4v) is 1.36. The van der Waals surface area contributed by atoms with E-state index in [4.69, 9.17) is 5.73 Å². The molecule has 0 saturated heterocycles. The first-order valence-electron chi connectivity index (χ1n) is 3.92. The van der Waals surface area contributed by atoms with Crippen molar-refractivity contribution in [2.24, 2.45) is 0 Å². The maximum absolute atomic E-state index is 5.49. The van der Waals surface area contributed by atoms with E-state index in [0.717, 1.165) is 5.69 Å². The van der Waals surface area contributed by atoms with Crippen molar-refractivity contribution in [1.82, 2.24) is 19.6 Å². The van der Waals surface area contributed by atoms with Crippen molar-refractivity contribution in [2.45, 2.75) is 6.54 Å². The third-order valence-electron chi connectivity index (χ3n) is 1.54. The predicted octanol–water partition coefficient (Wildman–Crippen LogP) is 0.522. The Bertz CT molecular complexity index is 400. The van der Waals surface area contributed by atoms with Crippen LogP contribution in [-0.4, -0.2) is 19.6 Å². The van der Waals surface area contributed by atoms with Crippen LogP contribution < -0.4 is 11.1 Å². The number of nitrogens with zero attached hydrogens (tertiary/aromatic N) is 4. The standard InChI is InChI=1S/C7H8N6S/c8-6-1-7(11-4-10-6)9-2-5-3-14-13-12-5/h1,3-4H,2H2,(H3,8,9,10,11). The molecule has 0 aliphatic carbocycles. The second kappa shape index (κ2) is 3.97. The summed E-state index contributed by atoms with van der Waals surface area (Å²) in [6.07, 6.45) is 1.41. The lowest BCUT2D eigenvalue weighted by Crippen LogP contribution is -2.03. The number of nitrogens with one attached hydrogen (secondary N) is 1.